The standard InChI is InChI=1S/C34H37ClFN5O3.C33H42N6O3.C30H32ClFN6O3/c1-4-29(43)40-13-15-41(16-14-40)33-27-19-28(35)30(26-18-24(42)17-23-7-5-6-8-25(23)26)31(36)32(27)37-34(38-33)44-22(3)20-39-11-9-21(2)10-12-39;1-4-31(41)37-15-17-38(18-16-37)32-28-11-14-39(30-20-26(40)19-25-7-5-6-8-27(25)30)22-29(28)34-33(35-32)42-24(3)21-36-12-9-23(2)10-13-36;1-18(39)37-11-13-38(14-12-37)29-23-17-24(31)26(22-16-20(40)15-19-7-5-6-8-21(19)22)27(32)28(23)33-30(34-29)36(4)10-9-25(41)35(2)3/h4-8,17-19,21-22,42H,1,9-16,20H2,2-3H3;4-8,19-20,23-24,40H,1,9-18,21-22H2,2-3H3;5-8,15-17,40H,9-14H2,1-4H3/t22-;24-;/m11./s1. The van der Waals surface area contributed by atoms with E-state index in [0.717, 1.165) is 132 Å². The lowest BCUT2D eigenvalue weighted by Gasteiger charge is -2.38. The first-order chi connectivity index (χ1) is 61.1. The van der Waals surface area contributed by atoms with Crippen molar-refractivity contribution in [3.8, 4) is 51.5 Å². The molecule has 11 aromatic rings. The third-order valence-corrected chi connectivity index (χ3v) is 25.8. The van der Waals surface area contributed by atoms with Crippen LogP contribution in [0.5, 0.6) is 29.3 Å². The van der Waals surface area contributed by atoms with Crippen molar-refractivity contribution in [3.63, 3.8) is 0 Å². The minimum Gasteiger partial charge on any atom is -0.508 e. The van der Waals surface area contributed by atoms with Gasteiger partial charge >= 0.3 is 12.0 Å². The molecule has 3 aromatic heterocycles. The molecule has 17 rings (SSSR count). The van der Waals surface area contributed by atoms with Gasteiger partial charge in [0, 0.05) is 184 Å². The molecule has 4 amide bonds. The molecule has 5 saturated heterocycles. The number of likely N-dealkylation sites (tertiary alicyclic amines) is 2. The maximum atomic E-state index is 16.8. The van der Waals surface area contributed by atoms with E-state index >= 15 is 8.78 Å². The Bertz CT molecular complexity index is 5950. The minimum atomic E-state index is -0.631. The normalized spacial score (nSPS) is 16.7. The van der Waals surface area contributed by atoms with Gasteiger partial charge in [-0.1, -0.05) is 123 Å². The molecule has 0 bridgehead atoms. The number of phenols is 3. The van der Waals surface area contributed by atoms with Crippen molar-refractivity contribution < 1.29 is 52.8 Å². The van der Waals surface area contributed by atoms with Crippen LogP contribution in [-0.4, -0.2) is 262 Å². The molecule has 3 N–H and O–H groups in total. The van der Waals surface area contributed by atoms with Crippen molar-refractivity contribution in [1.82, 2.24) is 59.3 Å². The Morgan fingerprint density at radius 1 is 0.504 bits per heavy atom. The van der Waals surface area contributed by atoms with Gasteiger partial charge in [-0.05, 0) is 177 Å². The number of hydrogen-bond donors (Lipinski definition) is 3. The Morgan fingerprint density at radius 2 is 0.921 bits per heavy atom. The zero-order valence-electron chi connectivity index (χ0n) is 73.4. The summed E-state index contributed by atoms with van der Waals surface area (Å²) in [6.45, 7) is 31.6. The molecule has 26 nitrogen and oxygen atoms in total. The summed E-state index contributed by atoms with van der Waals surface area (Å²) in [6.07, 6.45) is 8.22. The second-order valence-corrected chi connectivity index (χ2v) is 35.2. The summed E-state index contributed by atoms with van der Waals surface area (Å²) in [7, 11) is 5.15. The molecule has 127 heavy (non-hydrogen) atoms. The van der Waals surface area contributed by atoms with Gasteiger partial charge in [-0.15, -0.1) is 0 Å². The number of aromatic nitrogens is 6. The highest BCUT2D eigenvalue weighted by molar-refractivity contribution is 6.35. The van der Waals surface area contributed by atoms with Crippen molar-refractivity contribution in [2.45, 2.75) is 91.9 Å². The smallest absolute Gasteiger partial charge is 0.319 e. The van der Waals surface area contributed by atoms with Gasteiger partial charge in [0.25, 0.3) is 0 Å². The number of rotatable bonds is 20. The van der Waals surface area contributed by atoms with Gasteiger partial charge in [0.1, 0.15) is 57.9 Å². The number of fused-ring (bicyclic) bond motifs is 6. The fourth-order valence-corrected chi connectivity index (χ4v) is 18.6. The van der Waals surface area contributed by atoms with Gasteiger partial charge in [0.05, 0.1) is 22.3 Å². The van der Waals surface area contributed by atoms with Crippen LogP contribution in [0.4, 0.5) is 37.9 Å². The monoisotopic (exact) mass is 1770 g/mol. The van der Waals surface area contributed by atoms with Gasteiger partial charge in [-0.2, -0.15) is 24.9 Å². The number of benzene rings is 8. The summed E-state index contributed by atoms with van der Waals surface area (Å²) in [5, 5.41) is 37.8. The summed E-state index contributed by atoms with van der Waals surface area (Å²) < 4.78 is 46.1. The number of amides is 4. The minimum absolute atomic E-state index is 0.000230. The zero-order valence-corrected chi connectivity index (χ0v) is 74.9. The number of nitrogens with zero attached hydrogens (tertiary/aromatic N) is 17. The summed E-state index contributed by atoms with van der Waals surface area (Å²) in [5.74, 6) is 2.52. The molecule has 8 aromatic carbocycles. The Balaban J connectivity index is 0.000000147. The van der Waals surface area contributed by atoms with Crippen molar-refractivity contribution >= 4 is 130 Å². The molecule has 0 spiro atoms. The number of carbonyl (C=O) groups is 4. The van der Waals surface area contributed by atoms with E-state index in [-0.39, 0.29) is 104 Å². The fourth-order valence-electron chi connectivity index (χ4n) is 18.0. The highest BCUT2D eigenvalue weighted by atomic mass is 35.5. The van der Waals surface area contributed by atoms with E-state index in [4.69, 9.17) is 52.6 Å². The molecule has 5 fully saturated rings. The number of piperidine rings is 2. The molecule has 6 aliphatic rings. The van der Waals surface area contributed by atoms with Crippen molar-refractivity contribution in [2.24, 2.45) is 11.8 Å². The lowest BCUT2D eigenvalue weighted by Crippen LogP contribution is -2.49. The van der Waals surface area contributed by atoms with Crippen LogP contribution in [0, 0.1) is 23.5 Å². The topological polar surface area (TPSA) is 260 Å². The van der Waals surface area contributed by atoms with E-state index in [1.54, 1.807) is 67.0 Å². The summed E-state index contributed by atoms with van der Waals surface area (Å²) in [6, 6.07) is 36.8. The van der Waals surface area contributed by atoms with Crippen molar-refractivity contribution in [3.05, 3.63) is 180 Å². The zero-order chi connectivity index (χ0) is 89.6. The highest BCUT2D eigenvalue weighted by Crippen LogP contribution is 2.46. The van der Waals surface area contributed by atoms with Crippen LogP contribution in [0.2, 0.25) is 10.0 Å². The molecule has 0 unspecified atom stereocenters. The molecule has 666 valence electrons. The van der Waals surface area contributed by atoms with E-state index < -0.39 is 11.6 Å². The third-order valence-electron chi connectivity index (χ3n) is 25.2. The first-order valence-electron chi connectivity index (χ1n) is 43.9. The largest absolute Gasteiger partial charge is 0.508 e. The summed E-state index contributed by atoms with van der Waals surface area (Å²) in [5.41, 5.74) is 4.47. The number of halogens is 4. The number of piperazine rings is 3. The first kappa shape index (κ1) is 89.8. The number of phenolic OH excluding ortho intramolecular Hbond substituents is 3. The lowest BCUT2D eigenvalue weighted by molar-refractivity contribution is -0.129. The maximum Gasteiger partial charge on any atom is 0.319 e. The molecule has 0 radical (unpaired) electrons. The van der Waals surface area contributed by atoms with Crippen LogP contribution in [0.25, 0.3) is 76.4 Å². The molecule has 9 heterocycles. The van der Waals surface area contributed by atoms with E-state index in [0.29, 0.717) is 131 Å². The van der Waals surface area contributed by atoms with Gasteiger partial charge in [0.15, 0.2) is 11.6 Å². The first-order valence-corrected chi connectivity index (χ1v) is 44.6. The molecular weight excluding hydrogens is 1660 g/mol. The predicted molar refractivity (Wildman–Crippen MR) is 500 cm³/mol. The van der Waals surface area contributed by atoms with E-state index in [1.807, 2.05) is 100 Å². The van der Waals surface area contributed by atoms with Crippen LogP contribution >= 0.6 is 23.2 Å². The molecule has 6 aliphatic heterocycles. The van der Waals surface area contributed by atoms with Crippen molar-refractivity contribution in [1.29, 1.82) is 0 Å². The molecule has 0 saturated carbocycles. The molecular formula is C97H111Cl2F2N17O9. The van der Waals surface area contributed by atoms with Gasteiger partial charge in [0.2, 0.25) is 29.6 Å². The van der Waals surface area contributed by atoms with Crippen molar-refractivity contribution in [2.75, 3.05) is 177 Å². The lowest BCUT2D eigenvalue weighted by atomic mass is 9.96. The van der Waals surface area contributed by atoms with Crippen LogP contribution in [-0.2, 0) is 32.1 Å². The number of anilines is 5. The SMILES string of the molecule is C=CC(=O)N1CCN(c2nc(O[C@H](C)CN3CCC(C)CC3)nc3c(F)c(-c4cc(O)cc5ccccc45)c(Cl)cc23)CC1.C=CC(=O)N1CCN(c2nc(O[C@H](C)CN3CCC(C)CC3)nc3c2CCN(c2cc(O)cc4ccccc24)C3)CC1.CC(=O)N1CCN(c2nc(N(C)CCC(=O)N(C)C)nc3c(F)c(-c4cc(O)cc5ccccc45)c(Cl)cc23)CC1. The van der Waals surface area contributed by atoms with Gasteiger partial charge in [-0.25, -0.2) is 13.8 Å². The van der Waals surface area contributed by atoms with Crippen LogP contribution in [0.1, 0.15) is 78.0 Å². The number of carbonyl (C=O) groups excluding carboxylic acids is 4. The van der Waals surface area contributed by atoms with E-state index in [9.17, 15) is 34.5 Å². The third kappa shape index (κ3) is 20.4. The predicted octanol–water partition coefficient (Wildman–Crippen LogP) is 15.0. The fraction of sp³-hybridized carbons (Fsp3) is 0.402. The van der Waals surface area contributed by atoms with Crippen LogP contribution < -0.4 is 34.0 Å². The Hall–Kier alpha value is -12.0. The molecule has 30 heteroatoms. The maximum absolute atomic E-state index is 16.8. The Kier molecular flexibility index (Phi) is 27.9. The quantitative estimate of drug-likeness (QED) is 0.0599. The van der Waals surface area contributed by atoms with Crippen LogP contribution in [0.3, 0.4) is 0 Å². The van der Waals surface area contributed by atoms with E-state index in [1.165, 1.54) is 42.0 Å². The van der Waals surface area contributed by atoms with Gasteiger partial charge < -0.3 is 68.9 Å². The number of aromatic hydroxyl groups is 3. The number of ether oxygens (including phenoxy) is 2. The number of hydrogen-bond acceptors (Lipinski definition) is 22. The Labute approximate surface area is 749 Å². The Morgan fingerprint density at radius 3 is 1.39 bits per heavy atom. The molecule has 0 aliphatic carbocycles. The summed E-state index contributed by atoms with van der Waals surface area (Å²) in [4.78, 5) is 99.4. The van der Waals surface area contributed by atoms with E-state index in [2.05, 4.69) is 69.6 Å². The second kappa shape index (κ2) is 39.5. The second-order valence-electron chi connectivity index (χ2n) is 34.4. The highest BCUT2D eigenvalue weighted by Gasteiger charge is 2.34. The summed E-state index contributed by atoms with van der Waals surface area (Å²) >= 11 is 13.6. The molecule has 2 atom stereocenters. The average molecular weight is 1770 g/mol. The average Bonchev–Trinajstić information content (AvgIpc) is 0.747. The van der Waals surface area contributed by atoms with Gasteiger partial charge in [-0.3, -0.25) is 29.0 Å². The van der Waals surface area contributed by atoms with Crippen LogP contribution in [0.15, 0.2) is 147 Å².